The van der Waals surface area contributed by atoms with Crippen LogP contribution in [0.2, 0.25) is 0 Å². The van der Waals surface area contributed by atoms with Crippen molar-refractivity contribution in [1.82, 2.24) is 15.0 Å². The topological polar surface area (TPSA) is 53.9 Å². The van der Waals surface area contributed by atoms with E-state index in [1.165, 1.54) is 5.69 Å². The molecule has 3 heterocycles. The zero-order valence-electron chi connectivity index (χ0n) is 12.9. The summed E-state index contributed by atoms with van der Waals surface area (Å²) in [5.41, 5.74) is 4.80. The van der Waals surface area contributed by atoms with Gasteiger partial charge < -0.3 is 10.2 Å². The SMILES string of the molecule is CNc1nc(-c2ccc(N3C=CCC3)cc2)cc2nccnc12. The van der Waals surface area contributed by atoms with E-state index in [1.807, 2.05) is 13.1 Å². The minimum absolute atomic E-state index is 0.747. The third-order valence-electron chi connectivity index (χ3n) is 4.01. The first-order chi connectivity index (χ1) is 11.3. The quantitative estimate of drug-likeness (QED) is 0.803. The van der Waals surface area contributed by atoms with E-state index in [0.717, 1.165) is 41.1 Å². The van der Waals surface area contributed by atoms with E-state index in [9.17, 15) is 0 Å². The van der Waals surface area contributed by atoms with E-state index in [2.05, 4.69) is 61.7 Å². The van der Waals surface area contributed by atoms with Gasteiger partial charge in [-0.25, -0.2) is 9.97 Å². The van der Waals surface area contributed by atoms with Crippen LogP contribution < -0.4 is 10.2 Å². The monoisotopic (exact) mass is 303 g/mol. The summed E-state index contributed by atoms with van der Waals surface area (Å²) in [5.74, 6) is 0.747. The number of aromatic nitrogens is 3. The van der Waals surface area contributed by atoms with E-state index in [1.54, 1.807) is 12.4 Å². The lowest BCUT2D eigenvalue weighted by Crippen LogP contribution is -2.11. The first kappa shape index (κ1) is 13.7. The van der Waals surface area contributed by atoms with Crippen molar-refractivity contribution in [1.29, 1.82) is 0 Å². The maximum absolute atomic E-state index is 4.68. The van der Waals surface area contributed by atoms with Crippen LogP contribution in [0.1, 0.15) is 6.42 Å². The van der Waals surface area contributed by atoms with Gasteiger partial charge in [0.05, 0.1) is 11.2 Å². The molecule has 0 aliphatic carbocycles. The van der Waals surface area contributed by atoms with Gasteiger partial charge >= 0.3 is 0 Å². The van der Waals surface area contributed by atoms with Crippen molar-refractivity contribution in [2.45, 2.75) is 6.42 Å². The molecule has 3 aromatic rings. The predicted molar refractivity (Wildman–Crippen MR) is 93.4 cm³/mol. The van der Waals surface area contributed by atoms with Crippen LogP contribution >= 0.6 is 0 Å². The molecule has 0 bridgehead atoms. The summed E-state index contributed by atoms with van der Waals surface area (Å²) in [4.78, 5) is 15.7. The Labute approximate surface area is 134 Å². The lowest BCUT2D eigenvalue weighted by atomic mass is 10.1. The van der Waals surface area contributed by atoms with Crippen LogP contribution in [0.5, 0.6) is 0 Å². The lowest BCUT2D eigenvalue weighted by molar-refractivity contribution is 1.000. The van der Waals surface area contributed by atoms with E-state index >= 15 is 0 Å². The number of rotatable bonds is 3. The molecule has 4 rings (SSSR count). The summed E-state index contributed by atoms with van der Waals surface area (Å²) in [7, 11) is 1.85. The van der Waals surface area contributed by atoms with E-state index in [4.69, 9.17) is 0 Å². The van der Waals surface area contributed by atoms with Gasteiger partial charge in [0.2, 0.25) is 0 Å². The fourth-order valence-electron chi connectivity index (χ4n) is 2.82. The second kappa shape index (κ2) is 5.68. The third-order valence-corrected chi connectivity index (χ3v) is 4.01. The van der Waals surface area contributed by atoms with Crippen LogP contribution in [0.15, 0.2) is 55.0 Å². The van der Waals surface area contributed by atoms with Crippen LogP contribution in [-0.2, 0) is 0 Å². The van der Waals surface area contributed by atoms with Gasteiger partial charge in [-0.1, -0.05) is 18.2 Å². The zero-order chi connectivity index (χ0) is 15.6. The maximum Gasteiger partial charge on any atom is 0.154 e. The Kier molecular flexibility index (Phi) is 3.38. The fourth-order valence-corrected chi connectivity index (χ4v) is 2.82. The molecule has 1 aromatic carbocycles. The molecule has 1 aliphatic rings. The molecule has 0 unspecified atom stereocenters. The fraction of sp³-hybridized carbons (Fsp3) is 0.167. The third kappa shape index (κ3) is 2.50. The minimum Gasteiger partial charge on any atom is -0.371 e. The van der Waals surface area contributed by atoms with Crippen LogP contribution in [0, 0.1) is 0 Å². The molecule has 1 aliphatic heterocycles. The summed E-state index contributed by atoms with van der Waals surface area (Å²) in [6.45, 7) is 1.05. The largest absolute Gasteiger partial charge is 0.371 e. The number of nitrogens with zero attached hydrogens (tertiary/aromatic N) is 4. The van der Waals surface area contributed by atoms with Crippen molar-refractivity contribution in [2.75, 3.05) is 23.8 Å². The Morgan fingerprint density at radius 3 is 2.65 bits per heavy atom. The highest BCUT2D eigenvalue weighted by Crippen LogP contribution is 2.27. The molecule has 23 heavy (non-hydrogen) atoms. The molecule has 0 saturated heterocycles. The zero-order valence-corrected chi connectivity index (χ0v) is 12.9. The molecule has 0 amide bonds. The Hall–Kier alpha value is -2.95. The highest BCUT2D eigenvalue weighted by atomic mass is 15.1. The van der Waals surface area contributed by atoms with Gasteiger partial charge in [-0.2, -0.15) is 0 Å². The van der Waals surface area contributed by atoms with Gasteiger partial charge in [-0.15, -0.1) is 0 Å². The van der Waals surface area contributed by atoms with Crippen LogP contribution in [-0.4, -0.2) is 28.5 Å². The molecule has 1 N–H and O–H groups in total. The van der Waals surface area contributed by atoms with Gasteiger partial charge in [-0.05, 0) is 24.6 Å². The molecule has 5 nitrogen and oxygen atoms in total. The van der Waals surface area contributed by atoms with Gasteiger partial charge in [0.15, 0.2) is 5.82 Å². The first-order valence-electron chi connectivity index (χ1n) is 7.68. The lowest BCUT2D eigenvalue weighted by Gasteiger charge is -2.16. The number of nitrogens with one attached hydrogen (secondary N) is 1. The van der Waals surface area contributed by atoms with Gasteiger partial charge in [0, 0.05) is 43.4 Å². The number of anilines is 2. The molecule has 0 spiro atoms. The summed E-state index contributed by atoms with van der Waals surface area (Å²) in [6, 6.07) is 10.4. The second-order valence-electron chi connectivity index (χ2n) is 5.44. The summed E-state index contributed by atoms with van der Waals surface area (Å²) in [5, 5.41) is 3.11. The van der Waals surface area contributed by atoms with Crippen molar-refractivity contribution in [3.63, 3.8) is 0 Å². The molecule has 0 atom stereocenters. The molecule has 114 valence electrons. The predicted octanol–water partition coefficient (Wildman–Crippen LogP) is 3.46. The van der Waals surface area contributed by atoms with Crippen LogP contribution in [0.4, 0.5) is 11.5 Å². The van der Waals surface area contributed by atoms with Gasteiger partial charge in [0.1, 0.15) is 5.52 Å². The molecular weight excluding hydrogens is 286 g/mol. The smallest absolute Gasteiger partial charge is 0.154 e. The average Bonchev–Trinajstić information content (AvgIpc) is 3.15. The van der Waals surface area contributed by atoms with Crippen LogP contribution in [0.25, 0.3) is 22.3 Å². The number of hydrogen-bond acceptors (Lipinski definition) is 5. The van der Waals surface area contributed by atoms with Crippen molar-refractivity contribution < 1.29 is 0 Å². The van der Waals surface area contributed by atoms with Crippen LogP contribution in [0.3, 0.4) is 0 Å². The number of benzene rings is 1. The highest BCUT2D eigenvalue weighted by molar-refractivity contribution is 5.88. The summed E-state index contributed by atoms with van der Waals surface area (Å²) in [6.07, 6.45) is 8.82. The Morgan fingerprint density at radius 2 is 1.91 bits per heavy atom. The summed E-state index contributed by atoms with van der Waals surface area (Å²) >= 11 is 0. The van der Waals surface area contributed by atoms with E-state index < -0.39 is 0 Å². The molecule has 0 fully saturated rings. The number of fused-ring (bicyclic) bond motifs is 1. The second-order valence-corrected chi connectivity index (χ2v) is 5.44. The number of hydrogen-bond donors (Lipinski definition) is 1. The average molecular weight is 303 g/mol. The summed E-state index contributed by atoms with van der Waals surface area (Å²) < 4.78 is 0. The Bertz CT molecular complexity index is 870. The van der Waals surface area contributed by atoms with Gasteiger partial charge in [0.25, 0.3) is 0 Å². The highest BCUT2D eigenvalue weighted by Gasteiger charge is 2.10. The van der Waals surface area contributed by atoms with Gasteiger partial charge in [-0.3, -0.25) is 4.98 Å². The normalized spacial score (nSPS) is 13.7. The van der Waals surface area contributed by atoms with Crippen molar-refractivity contribution in [3.8, 4) is 11.3 Å². The molecule has 0 radical (unpaired) electrons. The Morgan fingerprint density at radius 1 is 1.09 bits per heavy atom. The van der Waals surface area contributed by atoms with Crippen molar-refractivity contribution in [3.05, 3.63) is 55.0 Å². The molecule has 0 saturated carbocycles. The van der Waals surface area contributed by atoms with E-state index in [0.29, 0.717) is 0 Å². The Balaban J connectivity index is 1.75. The number of pyridine rings is 1. The molecular formula is C18H17N5. The maximum atomic E-state index is 4.68. The standard InChI is InChI=1S/C18H17N5/c1-19-18-17-16(20-8-9-21-17)12-15(22-18)13-4-6-14(7-5-13)23-10-2-3-11-23/h2,4-10,12H,3,11H2,1H3,(H,19,22). The van der Waals surface area contributed by atoms with Crippen molar-refractivity contribution in [2.24, 2.45) is 0 Å². The molecule has 5 heteroatoms. The molecule has 2 aromatic heterocycles. The minimum atomic E-state index is 0.747. The van der Waals surface area contributed by atoms with Crippen molar-refractivity contribution >= 4 is 22.5 Å². The van der Waals surface area contributed by atoms with E-state index in [-0.39, 0.29) is 0 Å². The first-order valence-corrected chi connectivity index (χ1v) is 7.68.